The van der Waals surface area contributed by atoms with Crippen molar-refractivity contribution in [2.45, 2.75) is 5.03 Å². The van der Waals surface area contributed by atoms with Gasteiger partial charge in [0.1, 0.15) is 16.4 Å². The highest BCUT2D eigenvalue weighted by Gasteiger charge is 2.21. The minimum Gasteiger partial charge on any atom is -0.383 e. The van der Waals surface area contributed by atoms with E-state index in [2.05, 4.69) is 5.10 Å². The van der Waals surface area contributed by atoms with Gasteiger partial charge in [0.25, 0.3) is 5.91 Å². The van der Waals surface area contributed by atoms with E-state index >= 15 is 0 Å². The van der Waals surface area contributed by atoms with Gasteiger partial charge in [-0.3, -0.25) is 4.79 Å². The van der Waals surface area contributed by atoms with Crippen LogP contribution in [0.25, 0.3) is 5.69 Å². The van der Waals surface area contributed by atoms with Crippen LogP contribution in [0, 0.1) is 0 Å². The van der Waals surface area contributed by atoms with E-state index in [0.717, 1.165) is 0 Å². The fourth-order valence-corrected chi connectivity index (χ4v) is 2.55. The van der Waals surface area contributed by atoms with Gasteiger partial charge in [0.05, 0.1) is 10.7 Å². The lowest BCUT2D eigenvalue weighted by Gasteiger charge is -2.07. The van der Waals surface area contributed by atoms with E-state index in [1.807, 2.05) is 0 Å². The number of rotatable bonds is 3. The van der Waals surface area contributed by atoms with Gasteiger partial charge < -0.3 is 11.5 Å². The van der Waals surface area contributed by atoms with E-state index in [9.17, 15) is 4.79 Å². The average Bonchev–Trinajstić information content (AvgIpc) is 2.69. The minimum atomic E-state index is -0.633. The first-order chi connectivity index (χ1) is 8.95. The smallest absolute Gasteiger partial charge is 0.255 e. The van der Waals surface area contributed by atoms with Gasteiger partial charge in [-0.1, -0.05) is 23.2 Å². The maximum atomic E-state index is 11.4. The number of anilines is 1. The average molecular weight is 317 g/mol. The summed E-state index contributed by atoms with van der Waals surface area (Å²) in [6.45, 7) is 0. The molecule has 4 N–H and O–H groups in total. The quantitative estimate of drug-likeness (QED) is 0.852. The van der Waals surface area contributed by atoms with Gasteiger partial charge in [0.15, 0.2) is 0 Å². The number of aromatic nitrogens is 2. The Bertz CT molecular complexity index is 656. The third-order valence-electron chi connectivity index (χ3n) is 2.47. The van der Waals surface area contributed by atoms with Crippen molar-refractivity contribution in [3.63, 3.8) is 0 Å². The van der Waals surface area contributed by atoms with E-state index in [0.29, 0.717) is 20.8 Å². The van der Waals surface area contributed by atoms with Crippen LogP contribution in [-0.4, -0.2) is 21.9 Å². The molecule has 1 amide bonds. The van der Waals surface area contributed by atoms with Crippen LogP contribution >= 0.6 is 35.0 Å². The van der Waals surface area contributed by atoms with Gasteiger partial charge in [0, 0.05) is 5.02 Å². The molecule has 0 aliphatic heterocycles. The Hall–Kier alpha value is -1.37. The Morgan fingerprint density at radius 1 is 1.42 bits per heavy atom. The molecular weight excluding hydrogens is 307 g/mol. The molecule has 0 saturated heterocycles. The topological polar surface area (TPSA) is 86.9 Å². The summed E-state index contributed by atoms with van der Waals surface area (Å²) in [5.41, 5.74) is 11.9. The van der Waals surface area contributed by atoms with Crippen LogP contribution in [0.3, 0.4) is 0 Å². The van der Waals surface area contributed by atoms with Crippen LogP contribution in [0.2, 0.25) is 10.0 Å². The number of halogens is 2. The predicted molar refractivity (Wildman–Crippen MR) is 78.3 cm³/mol. The maximum absolute atomic E-state index is 11.4. The lowest BCUT2D eigenvalue weighted by Crippen LogP contribution is -2.14. The van der Waals surface area contributed by atoms with Crippen molar-refractivity contribution >= 4 is 46.7 Å². The Balaban J connectivity index is 2.70. The second-order valence-corrected chi connectivity index (χ2v) is 5.28. The lowest BCUT2D eigenvalue weighted by molar-refractivity contribution is 0.0998. The molecule has 0 spiro atoms. The van der Waals surface area contributed by atoms with Crippen LogP contribution in [-0.2, 0) is 0 Å². The number of nitrogens with zero attached hydrogens (tertiary/aromatic N) is 2. The number of thioether (sulfide) groups is 1. The molecule has 0 aliphatic carbocycles. The molecule has 1 heterocycles. The van der Waals surface area contributed by atoms with Crippen molar-refractivity contribution in [1.82, 2.24) is 9.78 Å². The number of primary amides is 1. The van der Waals surface area contributed by atoms with Gasteiger partial charge in [0.2, 0.25) is 0 Å². The van der Waals surface area contributed by atoms with Gasteiger partial charge in [-0.05, 0) is 24.5 Å². The van der Waals surface area contributed by atoms with Crippen LogP contribution in [0.5, 0.6) is 0 Å². The maximum Gasteiger partial charge on any atom is 0.255 e. The molecule has 0 unspecified atom stereocenters. The van der Waals surface area contributed by atoms with Crippen LogP contribution in [0.1, 0.15) is 10.4 Å². The van der Waals surface area contributed by atoms with Gasteiger partial charge >= 0.3 is 0 Å². The van der Waals surface area contributed by atoms with Crippen LogP contribution < -0.4 is 11.5 Å². The third-order valence-corrected chi connectivity index (χ3v) is 3.69. The number of nitrogens with two attached hydrogens (primary N) is 2. The van der Waals surface area contributed by atoms with Crippen molar-refractivity contribution in [3.05, 3.63) is 33.8 Å². The first kappa shape index (κ1) is 14.0. The van der Waals surface area contributed by atoms with E-state index in [1.54, 1.807) is 24.5 Å². The summed E-state index contributed by atoms with van der Waals surface area (Å²) >= 11 is 13.3. The monoisotopic (exact) mass is 316 g/mol. The van der Waals surface area contributed by atoms with Crippen molar-refractivity contribution < 1.29 is 4.79 Å². The molecule has 2 aromatic rings. The molecule has 0 aliphatic rings. The Morgan fingerprint density at radius 2 is 2.11 bits per heavy atom. The largest absolute Gasteiger partial charge is 0.383 e. The number of carbonyl (C=O) groups excluding carboxylic acids is 1. The highest BCUT2D eigenvalue weighted by atomic mass is 35.5. The van der Waals surface area contributed by atoms with Gasteiger partial charge in [-0.25, -0.2) is 4.68 Å². The summed E-state index contributed by atoms with van der Waals surface area (Å²) in [4.78, 5) is 11.4. The molecule has 0 bridgehead atoms. The molecule has 1 aromatic heterocycles. The Labute approximate surface area is 123 Å². The number of hydrogen-bond acceptors (Lipinski definition) is 4. The van der Waals surface area contributed by atoms with Crippen molar-refractivity contribution in [1.29, 1.82) is 0 Å². The zero-order valence-corrected chi connectivity index (χ0v) is 12.2. The Morgan fingerprint density at radius 3 is 2.63 bits per heavy atom. The summed E-state index contributed by atoms with van der Waals surface area (Å²) in [5, 5.41) is 5.58. The highest BCUT2D eigenvalue weighted by molar-refractivity contribution is 7.98. The Kier molecular flexibility index (Phi) is 3.93. The van der Waals surface area contributed by atoms with Crippen molar-refractivity contribution in [2.75, 3.05) is 12.0 Å². The van der Waals surface area contributed by atoms with E-state index < -0.39 is 5.91 Å². The number of amides is 1. The van der Waals surface area contributed by atoms with Crippen LogP contribution in [0.4, 0.5) is 5.82 Å². The molecule has 2 rings (SSSR count). The summed E-state index contributed by atoms with van der Waals surface area (Å²) in [6, 6.07) is 4.89. The summed E-state index contributed by atoms with van der Waals surface area (Å²) in [7, 11) is 0. The van der Waals surface area contributed by atoms with Crippen LogP contribution in [0.15, 0.2) is 23.2 Å². The molecule has 100 valence electrons. The fraction of sp³-hybridized carbons (Fsp3) is 0.0909. The summed E-state index contributed by atoms with van der Waals surface area (Å²) in [6.07, 6.45) is 1.78. The number of nitrogen functional groups attached to an aromatic ring is 1. The highest BCUT2D eigenvalue weighted by Crippen LogP contribution is 2.31. The molecule has 19 heavy (non-hydrogen) atoms. The number of benzene rings is 1. The minimum absolute atomic E-state index is 0.140. The standard InChI is InChI=1S/C11H10Cl2N4OS/c1-19-11-8(10(15)18)9(14)17(16-11)7-4-5(12)2-3-6(7)13/h2-4H,14H2,1H3,(H2,15,18). The van der Waals surface area contributed by atoms with E-state index in [-0.39, 0.29) is 11.4 Å². The molecular formula is C11H10Cl2N4OS. The van der Waals surface area contributed by atoms with Gasteiger partial charge in [-0.15, -0.1) is 11.8 Å². The molecule has 0 atom stereocenters. The predicted octanol–water partition coefficient (Wildman–Crippen LogP) is 2.58. The number of carbonyl (C=O) groups is 1. The fourth-order valence-electron chi connectivity index (χ4n) is 1.62. The summed E-state index contributed by atoms with van der Waals surface area (Å²) < 4.78 is 1.36. The normalized spacial score (nSPS) is 10.7. The molecule has 5 nitrogen and oxygen atoms in total. The molecule has 1 aromatic carbocycles. The molecule has 0 radical (unpaired) electrons. The number of hydrogen-bond donors (Lipinski definition) is 2. The van der Waals surface area contributed by atoms with E-state index in [4.69, 9.17) is 34.7 Å². The first-order valence-electron chi connectivity index (χ1n) is 5.13. The van der Waals surface area contributed by atoms with Gasteiger partial charge in [-0.2, -0.15) is 5.10 Å². The summed E-state index contributed by atoms with van der Waals surface area (Å²) in [5.74, 6) is -0.493. The third kappa shape index (κ3) is 2.51. The molecule has 8 heteroatoms. The molecule has 0 fully saturated rings. The lowest BCUT2D eigenvalue weighted by atomic mass is 10.3. The second kappa shape index (κ2) is 5.32. The SMILES string of the molecule is CSc1nn(-c2cc(Cl)ccc2Cl)c(N)c1C(N)=O. The molecule has 0 saturated carbocycles. The second-order valence-electron chi connectivity index (χ2n) is 3.64. The van der Waals surface area contributed by atoms with Crippen molar-refractivity contribution in [3.8, 4) is 5.69 Å². The van der Waals surface area contributed by atoms with E-state index in [1.165, 1.54) is 16.4 Å². The first-order valence-corrected chi connectivity index (χ1v) is 7.11. The zero-order valence-electron chi connectivity index (χ0n) is 9.85. The van der Waals surface area contributed by atoms with Crippen molar-refractivity contribution in [2.24, 2.45) is 5.73 Å². The zero-order chi connectivity index (χ0) is 14.2.